The SMILES string of the molecule is NC(c1cnc(C(F)(F)F)s1)c1ccnc2ccccc12. The lowest BCUT2D eigenvalue weighted by Gasteiger charge is -2.12. The van der Waals surface area contributed by atoms with Gasteiger partial charge in [0, 0.05) is 22.7 Å². The average Bonchev–Trinajstić information content (AvgIpc) is 2.96. The van der Waals surface area contributed by atoms with Crippen molar-refractivity contribution in [1.82, 2.24) is 9.97 Å². The van der Waals surface area contributed by atoms with Gasteiger partial charge in [-0.1, -0.05) is 18.2 Å². The Bertz CT molecular complexity index is 777. The molecule has 3 rings (SSSR count). The Hall–Kier alpha value is -1.99. The van der Waals surface area contributed by atoms with Crippen molar-refractivity contribution in [2.45, 2.75) is 12.2 Å². The molecule has 0 aliphatic heterocycles. The predicted octanol–water partition coefficient (Wildman–Crippen LogP) is 3.76. The van der Waals surface area contributed by atoms with Crippen molar-refractivity contribution in [2.24, 2.45) is 5.73 Å². The summed E-state index contributed by atoms with van der Waals surface area (Å²) in [5.41, 5.74) is 7.60. The molecule has 0 amide bonds. The molecule has 108 valence electrons. The molecule has 3 aromatic rings. The number of benzene rings is 1. The lowest BCUT2D eigenvalue weighted by Crippen LogP contribution is -2.11. The summed E-state index contributed by atoms with van der Waals surface area (Å²) in [5, 5.41) is -0.0548. The van der Waals surface area contributed by atoms with Gasteiger partial charge in [-0.25, -0.2) is 4.98 Å². The van der Waals surface area contributed by atoms with Crippen molar-refractivity contribution < 1.29 is 13.2 Å². The lowest BCUT2D eigenvalue weighted by atomic mass is 10.0. The highest BCUT2D eigenvalue weighted by Crippen LogP contribution is 2.36. The summed E-state index contributed by atoms with van der Waals surface area (Å²) < 4.78 is 37.9. The third-order valence-electron chi connectivity index (χ3n) is 3.09. The van der Waals surface area contributed by atoms with E-state index in [-0.39, 0.29) is 0 Å². The molecule has 0 radical (unpaired) electrons. The first-order chi connectivity index (χ1) is 9.97. The summed E-state index contributed by atoms with van der Waals surface area (Å²) in [6.07, 6.45) is -1.65. The van der Waals surface area contributed by atoms with Gasteiger partial charge in [-0.2, -0.15) is 13.2 Å². The van der Waals surface area contributed by atoms with Crippen LogP contribution in [0.15, 0.2) is 42.7 Å². The molecule has 1 atom stereocenters. The Balaban J connectivity index is 2.05. The third kappa shape index (κ3) is 2.62. The van der Waals surface area contributed by atoms with Gasteiger partial charge in [0.05, 0.1) is 11.6 Å². The number of rotatable bonds is 2. The van der Waals surface area contributed by atoms with Crippen molar-refractivity contribution in [1.29, 1.82) is 0 Å². The Morgan fingerprint density at radius 3 is 2.57 bits per heavy atom. The molecule has 0 spiro atoms. The summed E-state index contributed by atoms with van der Waals surface area (Å²) in [7, 11) is 0. The first-order valence-corrected chi connectivity index (χ1v) is 6.90. The third-order valence-corrected chi connectivity index (χ3v) is 4.22. The molecule has 0 aliphatic rings. The number of hydrogen-bond donors (Lipinski definition) is 1. The van der Waals surface area contributed by atoms with E-state index in [4.69, 9.17) is 5.73 Å². The van der Waals surface area contributed by atoms with E-state index in [9.17, 15) is 13.2 Å². The van der Waals surface area contributed by atoms with Crippen LogP contribution in [0.25, 0.3) is 10.9 Å². The number of fused-ring (bicyclic) bond motifs is 1. The molecule has 1 unspecified atom stereocenters. The van der Waals surface area contributed by atoms with Gasteiger partial charge in [-0.3, -0.25) is 4.98 Å². The molecule has 1 aromatic carbocycles. The second-order valence-electron chi connectivity index (χ2n) is 4.46. The fourth-order valence-electron chi connectivity index (χ4n) is 2.10. The Morgan fingerprint density at radius 1 is 1.10 bits per heavy atom. The van der Waals surface area contributed by atoms with Gasteiger partial charge in [0.1, 0.15) is 0 Å². The maximum absolute atomic E-state index is 12.6. The van der Waals surface area contributed by atoms with Crippen LogP contribution in [0.5, 0.6) is 0 Å². The highest BCUT2D eigenvalue weighted by atomic mass is 32.1. The molecule has 3 nitrogen and oxygen atoms in total. The molecular weight excluding hydrogens is 299 g/mol. The normalized spacial score (nSPS) is 13.5. The summed E-state index contributed by atoms with van der Waals surface area (Å²) >= 11 is 0.570. The number of para-hydroxylation sites is 1. The van der Waals surface area contributed by atoms with Crippen LogP contribution in [0.4, 0.5) is 13.2 Å². The van der Waals surface area contributed by atoms with E-state index in [0.29, 0.717) is 16.2 Å². The van der Waals surface area contributed by atoms with E-state index in [1.807, 2.05) is 24.3 Å². The number of hydrogen-bond acceptors (Lipinski definition) is 4. The number of aromatic nitrogens is 2. The van der Waals surface area contributed by atoms with Gasteiger partial charge in [0.2, 0.25) is 0 Å². The second-order valence-corrected chi connectivity index (χ2v) is 5.52. The largest absolute Gasteiger partial charge is 0.443 e. The van der Waals surface area contributed by atoms with Gasteiger partial charge < -0.3 is 5.73 Å². The number of nitrogens with two attached hydrogens (primary N) is 1. The second kappa shape index (κ2) is 5.09. The van der Waals surface area contributed by atoms with Crippen LogP contribution in [0.3, 0.4) is 0 Å². The molecule has 0 aliphatic carbocycles. The highest BCUT2D eigenvalue weighted by molar-refractivity contribution is 7.11. The Morgan fingerprint density at radius 2 is 1.86 bits per heavy atom. The summed E-state index contributed by atoms with van der Waals surface area (Å²) in [6.45, 7) is 0. The Kier molecular flexibility index (Phi) is 3.38. The number of pyridine rings is 1. The Labute approximate surface area is 122 Å². The van der Waals surface area contributed by atoms with Gasteiger partial charge >= 0.3 is 6.18 Å². The van der Waals surface area contributed by atoms with Crippen LogP contribution >= 0.6 is 11.3 Å². The monoisotopic (exact) mass is 309 g/mol. The van der Waals surface area contributed by atoms with Gasteiger partial charge in [0.15, 0.2) is 5.01 Å². The first kappa shape index (κ1) is 14.0. The zero-order valence-electron chi connectivity index (χ0n) is 10.6. The van der Waals surface area contributed by atoms with Gasteiger partial charge in [0.25, 0.3) is 0 Å². The molecule has 0 bridgehead atoms. The van der Waals surface area contributed by atoms with Crippen molar-refractivity contribution in [3.63, 3.8) is 0 Å². The van der Waals surface area contributed by atoms with Crippen LogP contribution in [0, 0.1) is 0 Å². The number of thiazole rings is 1. The van der Waals surface area contributed by atoms with E-state index in [0.717, 1.165) is 16.5 Å². The molecule has 0 saturated heterocycles. The minimum atomic E-state index is -4.44. The number of nitrogens with zero attached hydrogens (tertiary/aromatic N) is 2. The van der Waals surface area contributed by atoms with E-state index < -0.39 is 17.2 Å². The van der Waals surface area contributed by atoms with Crippen LogP contribution in [0.1, 0.15) is 21.5 Å². The molecule has 0 fully saturated rings. The zero-order chi connectivity index (χ0) is 15.0. The van der Waals surface area contributed by atoms with Gasteiger partial charge in [-0.15, -0.1) is 11.3 Å². The van der Waals surface area contributed by atoms with E-state index >= 15 is 0 Å². The van der Waals surface area contributed by atoms with Crippen LogP contribution in [0.2, 0.25) is 0 Å². The fraction of sp³-hybridized carbons (Fsp3) is 0.143. The highest BCUT2D eigenvalue weighted by Gasteiger charge is 2.35. The molecule has 7 heteroatoms. The van der Waals surface area contributed by atoms with Crippen LogP contribution in [-0.2, 0) is 6.18 Å². The maximum Gasteiger partial charge on any atom is 0.443 e. The van der Waals surface area contributed by atoms with Crippen LogP contribution in [-0.4, -0.2) is 9.97 Å². The van der Waals surface area contributed by atoms with E-state index in [2.05, 4.69) is 9.97 Å². The molecule has 2 aromatic heterocycles. The molecular formula is C14H10F3N3S. The van der Waals surface area contributed by atoms with Gasteiger partial charge in [-0.05, 0) is 17.7 Å². The van der Waals surface area contributed by atoms with Crippen molar-refractivity contribution >= 4 is 22.2 Å². The summed E-state index contributed by atoms with van der Waals surface area (Å²) in [6, 6.07) is 8.43. The number of halogens is 3. The average molecular weight is 309 g/mol. The van der Waals surface area contributed by atoms with E-state index in [1.165, 1.54) is 6.20 Å². The minimum Gasteiger partial charge on any atom is -0.320 e. The molecule has 2 N–H and O–H groups in total. The summed E-state index contributed by atoms with van der Waals surface area (Å²) in [4.78, 5) is 8.00. The quantitative estimate of drug-likeness (QED) is 0.784. The first-order valence-electron chi connectivity index (χ1n) is 6.09. The minimum absolute atomic E-state index is 0.374. The molecule has 0 saturated carbocycles. The van der Waals surface area contributed by atoms with E-state index in [1.54, 1.807) is 12.3 Å². The smallest absolute Gasteiger partial charge is 0.320 e. The topological polar surface area (TPSA) is 51.8 Å². The summed E-state index contributed by atoms with van der Waals surface area (Å²) in [5.74, 6) is 0. The zero-order valence-corrected chi connectivity index (χ0v) is 11.4. The maximum atomic E-state index is 12.6. The number of alkyl halides is 3. The molecule has 2 heterocycles. The fourth-order valence-corrected chi connectivity index (χ4v) is 2.91. The van der Waals surface area contributed by atoms with Crippen molar-refractivity contribution in [2.75, 3.05) is 0 Å². The predicted molar refractivity (Wildman–Crippen MR) is 74.9 cm³/mol. The molecule has 21 heavy (non-hydrogen) atoms. The standard InChI is InChI=1S/C14H10F3N3S/c15-14(16,17)13-20-7-11(21-13)12(18)9-5-6-19-10-4-2-1-3-8(9)10/h1-7,12H,18H2. The lowest BCUT2D eigenvalue weighted by molar-refractivity contribution is -0.137. The van der Waals surface area contributed by atoms with Crippen LogP contribution < -0.4 is 5.73 Å². The van der Waals surface area contributed by atoms with Crippen molar-refractivity contribution in [3.8, 4) is 0 Å². The van der Waals surface area contributed by atoms with Crippen molar-refractivity contribution in [3.05, 3.63) is 58.2 Å².